The summed E-state index contributed by atoms with van der Waals surface area (Å²) in [5.41, 5.74) is 0.750. The smallest absolute Gasteiger partial charge is 0.416 e. The molecule has 0 spiro atoms. The fourth-order valence-corrected chi connectivity index (χ4v) is 2.82. The van der Waals surface area contributed by atoms with Crippen molar-refractivity contribution in [3.05, 3.63) is 65.9 Å². The van der Waals surface area contributed by atoms with Gasteiger partial charge in [0.2, 0.25) is 0 Å². The molecule has 0 saturated heterocycles. The highest BCUT2D eigenvalue weighted by Gasteiger charge is 2.33. The first-order chi connectivity index (χ1) is 12.3. The number of amides is 2. The summed E-state index contributed by atoms with van der Waals surface area (Å²) in [6, 6.07) is 11.3. The van der Waals surface area contributed by atoms with Crippen molar-refractivity contribution in [1.82, 2.24) is 0 Å². The van der Waals surface area contributed by atoms with Crippen molar-refractivity contribution in [3.63, 3.8) is 0 Å². The van der Waals surface area contributed by atoms with Gasteiger partial charge in [-0.3, -0.25) is 9.80 Å². The zero-order chi connectivity index (χ0) is 18.9. The summed E-state index contributed by atoms with van der Waals surface area (Å²) < 4.78 is 44.3. The minimum atomic E-state index is -4.47. The lowest BCUT2D eigenvalue weighted by atomic mass is 10.1. The van der Waals surface area contributed by atoms with E-state index < -0.39 is 17.8 Å². The molecule has 1 heterocycles. The number of methoxy groups -OCH3 is 1. The predicted octanol–water partition coefficient (Wildman–Crippen LogP) is 5.06. The molecule has 2 aromatic rings. The van der Waals surface area contributed by atoms with E-state index in [-0.39, 0.29) is 12.2 Å². The summed E-state index contributed by atoms with van der Waals surface area (Å²) in [6.45, 7) is 2.03. The van der Waals surface area contributed by atoms with Gasteiger partial charge in [-0.05, 0) is 42.8 Å². The highest BCUT2D eigenvalue weighted by Crippen LogP contribution is 2.35. The van der Waals surface area contributed by atoms with E-state index in [1.165, 1.54) is 29.0 Å². The predicted molar refractivity (Wildman–Crippen MR) is 93.4 cm³/mol. The zero-order valence-corrected chi connectivity index (χ0v) is 14.2. The number of rotatable bonds is 3. The third kappa shape index (κ3) is 3.37. The van der Waals surface area contributed by atoms with Crippen molar-refractivity contribution in [2.75, 3.05) is 23.5 Å². The van der Waals surface area contributed by atoms with Gasteiger partial charge < -0.3 is 4.74 Å². The Hall–Kier alpha value is -2.96. The maximum absolute atomic E-state index is 13.0. The lowest BCUT2D eigenvalue weighted by Crippen LogP contribution is -2.45. The second-order valence-electron chi connectivity index (χ2n) is 5.93. The van der Waals surface area contributed by atoms with E-state index in [2.05, 4.69) is 0 Å². The maximum Gasteiger partial charge on any atom is 0.416 e. The van der Waals surface area contributed by atoms with Crippen LogP contribution in [-0.4, -0.2) is 19.7 Å². The van der Waals surface area contributed by atoms with Crippen LogP contribution in [0.4, 0.5) is 29.3 Å². The minimum Gasteiger partial charge on any atom is -0.495 e. The molecule has 2 aromatic carbocycles. The monoisotopic (exact) mass is 362 g/mol. The number of carbonyl (C=O) groups is 1. The Morgan fingerprint density at radius 2 is 1.81 bits per heavy atom. The molecule has 0 unspecified atom stereocenters. The Kier molecular flexibility index (Phi) is 4.63. The molecule has 26 heavy (non-hydrogen) atoms. The number of carbonyl (C=O) groups excluding carboxylic acids is 1. The molecule has 0 aromatic heterocycles. The van der Waals surface area contributed by atoms with Crippen LogP contribution in [0.5, 0.6) is 5.75 Å². The Morgan fingerprint density at radius 3 is 2.50 bits per heavy atom. The first kappa shape index (κ1) is 17.8. The van der Waals surface area contributed by atoms with Crippen LogP contribution >= 0.6 is 0 Å². The van der Waals surface area contributed by atoms with Crippen LogP contribution in [0.1, 0.15) is 12.5 Å². The van der Waals surface area contributed by atoms with Crippen LogP contribution in [0.25, 0.3) is 0 Å². The molecule has 7 heteroatoms. The molecule has 4 nitrogen and oxygen atoms in total. The minimum absolute atomic E-state index is 0.192. The number of para-hydroxylation sites is 2. The molecule has 3 rings (SSSR count). The number of urea groups is 1. The van der Waals surface area contributed by atoms with E-state index in [0.717, 1.165) is 17.7 Å². The van der Waals surface area contributed by atoms with Crippen molar-refractivity contribution < 1.29 is 22.7 Å². The summed E-state index contributed by atoms with van der Waals surface area (Å²) in [7, 11) is 1.49. The molecule has 0 saturated carbocycles. The molecule has 0 radical (unpaired) electrons. The molecule has 0 bridgehead atoms. The van der Waals surface area contributed by atoms with Gasteiger partial charge in [-0.2, -0.15) is 13.2 Å². The number of halogens is 3. The van der Waals surface area contributed by atoms with Crippen LogP contribution in [0.2, 0.25) is 0 Å². The number of ether oxygens (including phenoxy) is 1. The lowest BCUT2D eigenvalue weighted by Gasteiger charge is -2.34. The summed E-state index contributed by atoms with van der Waals surface area (Å²) in [5.74, 6) is 0.496. The molecule has 1 aliphatic rings. The topological polar surface area (TPSA) is 32.8 Å². The van der Waals surface area contributed by atoms with Gasteiger partial charge in [0.1, 0.15) is 5.75 Å². The van der Waals surface area contributed by atoms with E-state index >= 15 is 0 Å². The van der Waals surface area contributed by atoms with Crippen LogP contribution in [0, 0.1) is 0 Å². The molecular formula is C19H17F3N2O2. The molecule has 0 N–H and O–H groups in total. The largest absolute Gasteiger partial charge is 0.495 e. The average Bonchev–Trinajstić information content (AvgIpc) is 2.62. The molecular weight excluding hydrogens is 345 g/mol. The quantitative estimate of drug-likeness (QED) is 0.764. The fraction of sp³-hybridized carbons (Fsp3) is 0.211. The van der Waals surface area contributed by atoms with Crippen molar-refractivity contribution in [2.45, 2.75) is 13.1 Å². The second-order valence-corrected chi connectivity index (χ2v) is 5.93. The van der Waals surface area contributed by atoms with Gasteiger partial charge in [-0.1, -0.05) is 18.2 Å². The fourth-order valence-electron chi connectivity index (χ4n) is 2.82. The Labute approximate surface area is 149 Å². The molecule has 0 fully saturated rings. The number of hydrogen-bond donors (Lipinski definition) is 0. The SMILES string of the molecule is COc1ccccc1N1C=C(C)CN(c2cccc(C(F)(F)F)c2)C1=O. The van der Waals surface area contributed by atoms with Gasteiger partial charge in [0.05, 0.1) is 24.9 Å². The molecule has 2 amide bonds. The summed E-state index contributed by atoms with van der Waals surface area (Å²) in [4.78, 5) is 15.7. The molecule has 136 valence electrons. The third-order valence-electron chi connectivity index (χ3n) is 4.02. The van der Waals surface area contributed by atoms with Gasteiger partial charge in [-0.15, -0.1) is 0 Å². The highest BCUT2D eigenvalue weighted by molar-refractivity contribution is 6.07. The van der Waals surface area contributed by atoms with Crippen LogP contribution < -0.4 is 14.5 Å². The number of benzene rings is 2. The highest BCUT2D eigenvalue weighted by atomic mass is 19.4. The Morgan fingerprint density at radius 1 is 1.08 bits per heavy atom. The van der Waals surface area contributed by atoms with E-state index in [9.17, 15) is 18.0 Å². The average molecular weight is 362 g/mol. The van der Waals surface area contributed by atoms with Gasteiger partial charge >= 0.3 is 12.2 Å². The summed E-state index contributed by atoms with van der Waals surface area (Å²) in [5, 5.41) is 0. The number of hydrogen-bond acceptors (Lipinski definition) is 2. The van der Waals surface area contributed by atoms with E-state index in [4.69, 9.17) is 4.74 Å². The van der Waals surface area contributed by atoms with Crippen LogP contribution in [-0.2, 0) is 6.18 Å². The van der Waals surface area contributed by atoms with Crippen molar-refractivity contribution in [1.29, 1.82) is 0 Å². The summed E-state index contributed by atoms with van der Waals surface area (Å²) in [6.07, 6.45) is -2.80. The second kappa shape index (κ2) is 6.74. The van der Waals surface area contributed by atoms with Gasteiger partial charge in [0, 0.05) is 11.9 Å². The van der Waals surface area contributed by atoms with Gasteiger partial charge in [0.15, 0.2) is 0 Å². The maximum atomic E-state index is 13.0. The van der Waals surface area contributed by atoms with Crippen molar-refractivity contribution in [3.8, 4) is 5.75 Å². The third-order valence-corrected chi connectivity index (χ3v) is 4.02. The molecule has 1 aliphatic heterocycles. The van der Waals surface area contributed by atoms with Crippen LogP contribution in [0.15, 0.2) is 60.3 Å². The van der Waals surface area contributed by atoms with E-state index in [0.29, 0.717) is 11.4 Å². The van der Waals surface area contributed by atoms with Gasteiger partial charge in [0.25, 0.3) is 0 Å². The number of alkyl halides is 3. The Balaban J connectivity index is 2.01. The first-order valence-electron chi connectivity index (χ1n) is 7.89. The lowest BCUT2D eigenvalue weighted by molar-refractivity contribution is -0.137. The molecule has 0 atom stereocenters. The number of nitrogens with zero attached hydrogens (tertiary/aromatic N) is 2. The normalized spacial score (nSPS) is 15.1. The molecule has 0 aliphatic carbocycles. The van der Waals surface area contributed by atoms with Crippen molar-refractivity contribution in [2.24, 2.45) is 0 Å². The summed E-state index contributed by atoms with van der Waals surface area (Å²) >= 11 is 0. The van der Waals surface area contributed by atoms with E-state index in [1.54, 1.807) is 30.5 Å². The van der Waals surface area contributed by atoms with Crippen LogP contribution in [0.3, 0.4) is 0 Å². The van der Waals surface area contributed by atoms with Gasteiger partial charge in [-0.25, -0.2) is 4.79 Å². The zero-order valence-electron chi connectivity index (χ0n) is 14.2. The standard InChI is InChI=1S/C19H17F3N2O2/c1-13-11-23(15-7-5-6-14(10-15)19(20,21)22)18(25)24(12-13)16-8-3-4-9-17(16)26-2/h3-10,12H,11H2,1-2H3. The van der Waals surface area contributed by atoms with Crippen molar-refractivity contribution >= 4 is 17.4 Å². The first-order valence-corrected chi connectivity index (χ1v) is 7.89. The number of anilines is 2. The Bertz CT molecular complexity index is 862. The van der Waals surface area contributed by atoms with E-state index in [1.807, 2.05) is 6.92 Å².